The molecule has 0 radical (unpaired) electrons. The standard InChI is InChI=1S/C22H16N4O7/c1-2-31-22(30)25-15-8-13(32-21(29)12-4-3-7-23-10-12)5-6-14(15)17-9-16(27)19-20(33-17)26-18(28)11-24-19/h3-11H,2H2,1H3,(H,25,30)(H,26,28). The number of aromatic amines is 1. The molecule has 0 aliphatic rings. The summed E-state index contributed by atoms with van der Waals surface area (Å²) in [7, 11) is 0. The van der Waals surface area contributed by atoms with Crippen molar-refractivity contribution in [2.75, 3.05) is 11.9 Å². The molecule has 11 nitrogen and oxygen atoms in total. The van der Waals surface area contributed by atoms with Gasteiger partial charge in [0.15, 0.2) is 5.52 Å². The van der Waals surface area contributed by atoms with Crippen molar-refractivity contribution in [2.45, 2.75) is 6.92 Å². The second-order valence-electron chi connectivity index (χ2n) is 6.58. The van der Waals surface area contributed by atoms with Gasteiger partial charge in [-0.05, 0) is 31.2 Å². The summed E-state index contributed by atoms with van der Waals surface area (Å²) >= 11 is 0. The Bertz CT molecular complexity index is 1460. The van der Waals surface area contributed by atoms with Crippen LogP contribution in [-0.2, 0) is 4.74 Å². The Balaban J connectivity index is 1.76. The van der Waals surface area contributed by atoms with E-state index in [-0.39, 0.29) is 46.2 Å². The summed E-state index contributed by atoms with van der Waals surface area (Å²) in [6, 6.07) is 8.60. The molecule has 0 saturated heterocycles. The van der Waals surface area contributed by atoms with Crippen LogP contribution >= 0.6 is 0 Å². The minimum Gasteiger partial charge on any atom is -0.450 e. The maximum Gasteiger partial charge on any atom is 0.411 e. The van der Waals surface area contributed by atoms with Crippen LogP contribution in [0.15, 0.2) is 69.0 Å². The maximum absolute atomic E-state index is 12.5. The summed E-state index contributed by atoms with van der Waals surface area (Å²) in [5.74, 6) is -0.510. The van der Waals surface area contributed by atoms with Gasteiger partial charge in [0.2, 0.25) is 11.1 Å². The number of hydrogen-bond donors (Lipinski definition) is 2. The van der Waals surface area contributed by atoms with Crippen LogP contribution in [-0.4, -0.2) is 33.6 Å². The number of benzene rings is 1. The summed E-state index contributed by atoms with van der Waals surface area (Å²) in [5, 5.41) is 2.53. The molecule has 4 aromatic rings. The van der Waals surface area contributed by atoms with Gasteiger partial charge in [0.25, 0.3) is 5.56 Å². The van der Waals surface area contributed by atoms with Gasteiger partial charge in [0.1, 0.15) is 11.5 Å². The van der Waals surface area contributed by atoms with Gasteiger partial charge in [-0.1, -0.05) is 0 Å². The van der Waals surface area contributed by atoms with Gasteiger partial charge < -0.3 is 13.9 Å². The number of carbonyl (C=O) groups excluding carboxylic acids is 2. The number of aromatic nitrogens is 3. The minimum absolute atomic E-state index is 0.0353. The van der Waals surface area contributed by atoms with E-state index in [0.717, 1.165) is 6.20 Å². The van der Waals surface area contributed by atoms with Gasteiger partial charge in [-0.2, -0.15) is 0 Å². The van der Waals surface area contributed by atoms with E-state index >= 15 is 0 Å². The summed E-state index contributed by atoms with van der Waals surface area (Å²) in [6.45, 7) is 1.76. The minimum atomic E-state index is -0.771. The molecule has 0 spiro atoms. The highest BCUT2D eigenvalue weighted by Gasteiger charge is 2.17. The first kappa shape index (κ1) is 21.4. The number of anilines is 1. The number of ether oxygens (including phenoxy) is 2. The number of fused-ring (bicyclic) bond motifs is 1. The Morgan fingerprint density at radius 1 is 1.15 bits per heavy atom. The number of hydrogen-bond acceptors (Lipinski definition) is 9. The molecule has 11 heteroatoms. The van der Waals surface area contributed by atoms with Crippen LogP contribution in [0.3, 0.4) is 0 Å². The fourth-order valence-corrected chi connectivity index (χ4v) is 2.93. The van der Waals surface area contributed by atoms with Crippen LogP contribution in [0.2, 0.25) is 0 Å². The zero-order valence-corrected chi connectivity index (χ0v) is 17.2. The van der Waals surface area contributed by atoms with Crippen LogP contribution in [0.1, 0.15) is 17.3 Å². The van der Waals surface area contributed by atoms with Gasteiger partial charge in [0.05, 0.1) is 24.1 Å². The average Bonchev–Trinajstić information content (AvgIpc) is 2.79. The molecular weight excluding hydrogens is 432 g/mol. The third kappa shape index (κ3) is 4.77. The van der Waals surface area contributed by atoms with Crippen LogP contribution in [0.4, 0.5) is 10.5 Å². The van der Waals surface area contributed by atoms with Crippen LogP contribution in [0.25, 0.3) is 22.6 Å². The SMILES string of the molecule is CCOC(=O)Nc1cc(OC(=O)c2cccnc2)ccc1-c1cc(=O)c2ncc(=O)[nH]c2o1. The van der Waals surface area contributed by atoms with Crippen molar-refractivity contribution >= 4 is 29.0 Å². The topological polar surface area (TPSA) is 153 Å². The lowest BCUT2D eigenvalue weighted by molar-refractivity contribution is 0.0734. The summed E-state index contributed by atoms with van der Waals surface area (Å²) < 4.78 is 15.9. The molecule has 0 bridgehead atoms. The predicted molar refractivity (Wildman–Crippen MR) is 116 cm³/mol. The Morgan fingerprint density at radius 3 is 2.76 bits per heavy atom. The summed E-state index contributed by atoms with van der Waals surface area (Å²) in [6.07, 6.45) is 3.07. The van der Waals surface area contributed by atoms with Gasteiger partial charge in [-0.3, -0.25) is 24.9 Å². The summed E-state index contributed by atoms with van der Waals surface area (Å²) in [5.41, 5.74) is -0.591. The number of nitrogens with zero attached hydrogens (tertiary/aromatic N) is 2. The first-order chi connectivity index (χ1) is 15.9. The summed E-state index contributed by atoms with van der Waals surface area (Å²) in [4.78, 5) is 58.5. The van der Waals surface area contributed by atoms with Crippen molar-refractivity contribution in [2.24, 2.45) is 0 Å². The van der Waals surface area contributed by atoms with Crippen molar-refractivity contribution < 1.29 is 23.5 Å². The number of rotatable bonds is 5. The van der Waals surface area contributed by atoms with E-state index in [9.17, 15) is 19.2 Å². The van der Waals surface area contributed by atoms with Crippen LogP contribution < -0.4 is 21.0 Å². The molecule has 0 aliphatic carbocycles. The molecule has 1 amide bonds. The molecule has 0 atom stereocenters. The predicted octanol–water partition coefficient (Wildman–Crippen LogP) is 2.73. The zero-order valence-electron chi connectivity index (χ0n) is 17.2. The fourth-order valence-electron chi connectivity index (χ4n) is 2.93. The van der Waals surface area contributed by atoms with Gasteiger partial charge >= 0.3 is 12.1 Å². The molecule has 33 heavy (non-hydrogen) atoms. The number of esters is 1. The lowest BCUT2D eigenvalue weighted by Crippen LogP contribution is -2.15. The van der Waals surface area contributed by atoms with Crippen molar-refractivity contribution in [3.63, 3.8) is 0 Å². The van der Waals surface area contributed by atoms with E-state index in [1.54, 1.807) is 19.1 Å². The van der Waals surface area contributed by atoms with E-state index in [1.165, 1.54) is 36.7 Å². The molecule has 3 aromatic heterocycles. The molecule has 0 saturated carbocycles. The number of nitrogens with one attached hydrogen (secondary N) is 2. The Hall–Kier alpha value is -4.80. The number of H-pyrrole nitrogens is 1. The highest BCUT2D eigenvalue weighted by atomic mass is 16.5. The van der Waals surface area contributed by atoms with Crippen molar-refractivity contribution in [1.82, 2.24) is 15.0 Å². The lowest BCUT2D eigenvalue weighted by Gasteiger charge is -2.13. The van der Waals surface area contributed by atoms with E-state index in [4.69, 9.17) is 13.9 Å². The third-order valence-electron chi connectivity index (χ3n) is 4.35. The Labute approximate surface area is 185 Å². The number of pyridine rings is 1. The van der Waals surface area contributed by atoms with Crippen molar-refractivity contribution in [3.05, 3.63) is 81.1 Å². The lowest BCUT2D eigenvalue weighted by atomic mass is 10.1. The van der Waals surface area contributed by atoms with Gasteiger partial charge in [-0.25, -0.2) is 14.6 Å². The van der Waals surface area contributed by atoms with Gasteiger partial charge in [0, 0.05) is 30.1 Å². The van der Waals surface area contributed by atoms with Crippen LogP contribution in [0.5, 0.6) is 5.75 Å². The smallest absolute Gasteiger partial charge is 0.411 e. The molecule has 4 rings (SSSR count). The normalized spacial score (nSPS) is 10.6. The van der Waals surface area contributed by atoms with Gasteiger partial charge in [-0.15, -0.1) is 0 Å². The number of amides is 1. The quantitative estimate of drug-likeness (QED) is 0.346. The fraction of sp³-hybridized carbons (Fsp3) is 0.0909. The van der Waals surface area contributed by atoms with Crippen LogP contribution in [0, 0.1) is 0 Å². The first-order valence-corrected chi connectivity index (χ1v) is 9.68. The third-order valence-corrected chi connectivity index (χ3v) is 4.35. The first-order valence-electron chi connectivity index (χ1n) is 9.68. The maximum atomic E-state index is 12.5. The number of carbonyl (C=O) groups is 2. The molecule has 1 aromatic carbocycles. The molecule has 3 heterocycles. The highest BCUT2D eigenvalue weighted by Crippen LogP contribution is 2.32. The molecule has 2 N–H and O–H groups in total. The van der Waals surface area contributed by atoms with E-state index in [0.29, 0.717) is 0 Å². The van der Waals surface area contributed by atoms with E-state index in [1.807, 2.05) is 0 Å². The average molecular weight is 448 g/mol. The Kier molecular flexibility index (Phi) is 5.94. The zero-order chi connectivity index (χ0) is 23.4. The molecular formula is C22H16N4O7. The van der Waals surface area contributed by atoms with E-state index in [2.05, 4.69) is 20.3 Å². The second kappa shape index (κ2) is 9.14. The molecule has 166 valence electrons. The molecule has 0 aliphatic heterocycles. The molecule has 0 unspecified atom stereocenters. The van der Waals surface area contributed by atoms with Crippen molar-refractivity contribution in [1.29, 1.82) is 0 Å². The largest absolute Gasteiger partial charge is 0.450 e. The second-order valence-corrected chi connectivity index (χ2v) is 6.58. The highest BCUT2D eigenvalue weighted by molar-refractivity contribution is 5.93. The monoisotopic (exact) mass is 448 g/mol. The van der Waals surface area contributed by atoms with E-state index < -0.39 is 23.1 Å². The van der Waals surface area contributed by atoms with Crippen molar-refractivity contribution in [3.8, 4) is 17.1 Å². The Morgan fingerprint density at radius 2 is 2.00 bits per heavy atom. The molecule has 0 fully saturated rings.